The van der Waals surface area contributed by atoms with Gasteiger partial charge in [0.25, 0.3) is 0 Å². The van der Waals surface area contributed by atoms with Crippen molar-refractivity contribution in [3.63, 3.8) is 0 Å². The Hall–Kier alpha value is -3.54. The maximum atomic E-state index is 12.3. The van der Waals surface area contributed by atoms with E-state index >= 15 is 0 Å². The van der Waals surface area contributed by atoms with Crippen LogP contribution >= 0.6 is 0 Å². The Morgan fingerprint density at radius 1 is 1.17 bits per heavy atom. The van der Waals surface area contributed by atoms with Crippen LogP contribution in [0.3, 0.4) is 0 Å². The van der Waals surface area contributed by atoms with Crippen LogP contribution in [0.2, 0.25) is 0 Å². The van der Waals surface area contributed by atoms with Crippen molar-refractivity contribution in [2.45, 2.75) is 26.0 Å². The number of hydrogen-bond donors (Lipinski definition) is 1. The second-order valence-electron chi connectivity index (χ2n) is 7.14. The molecule has 6 heteroatoms. The lowest BCUT2D eigenvalue weighted by Gasteiger charge is -2.29. The molecule has 148 valence electrons. The molecular formula is C23H21NO5. The van der Waals surface area contributed by atoms with Gasteiger partial charge in [-0.2, -0.15) is 0 Å². The number of carboxylic acids is 1. The van der Waals surface area contributed by atoms with Gasteiger partial charge < -0.3 is 19.1 Å². The van der Waals surface area contributed by atoms with Crippen LogP contribution in [0, 0.1) is 0 Å². The minimum atomic E-state index is -1.22. The van der Waals surface area contributed by atoms with E-state index in [1.807, 2.05) is 54.0 Å². The first kappa shape index (κ1) is 18.8. The van der Waals surface area contributed by atoms with Crippen molar-refractivity contribution >= 4 is 5.97 Å². The Balaban J connectivity index is 1.79. The first-order chi connectivity index (χ1) is 14.0. The molecule has 2 heterocycles. The van der Waals surface area contributed by atoms with E-state index in [9.17, 15) is 14.7 Å². The van der Waals surface area contributed by atoms with Crippen LogP contribution in [-0.2, 0) is 13.0 Å². The first-order valence-electron chi connectivity index (χ1n) is 9.35. The average molecular weight is 391 g/mol. The van der Waals surface area contributed by atoms with Crippen LogP contribution in [0.1, 0.15) is 34.5 Å². The SMILES string of the molecule is COc1cc2c(cc1OCc1ccccc1)-c1cc(=O)c(C(=O)O)cn1C(C)C2. The molecule has 1 atom stereocenters. The molecule has 6 nitrogen and oxygen atoms in total. The van der Waals surface area contributed by atoms with E-state index in [2.05, 4.69) is 0 Å². The van der Waals surface area contributed by atoms with Gasteiger partial charge >= 0.3 is 5.97 Å². The number of carbonyl (C=O) groups is 1. The summed E-state index contributed by atoms with van der Waals surface area (Å²) in [5.41, 5.74) is 2.86. The maximum absolute atomic E-state index is 12.3. The molecule has 1 N–H and O–H groups in total. The maximum Gasteiger partial charge on any atom is 0.341 e. The lowest BCUT2D eigenvalue weighted by atomic mass is 9.92. The highest BCUT2D eigenvalue weighted by atomic mass is 16.5. The van der Waals surface area contributed by atoms with Crippen molar-refractivity contribution in [1.82, 2.24) is 4.57 Å². The molecule has 1 aromatic heterocycles. The normalized spacial score (nSPS) is 14.6. The molecule has 2 aromatic carbocycles. The summed E-state index contributed by atoms with van der Waals surface area (Å²) in [7, 11) is 1.60. The highest BCUT2D eigenvalue weighted by Crippen LogP contribution is 2.41. The van der Waals surface area contributed by atoms with Crippen LogP contribution in [0.4, 0.5) is 0 Å². The molecular weight excluding hydrogens is 370 g/mol. The molecule has 1 aliphatic heterocycles. The Bertz CT molecular complexity index is 1130. The standard InChI is InChI=1S/C23H21NO5/c1-14-8-16-9-21(28-2)22(29-13-15-6-4-3-5-7-15)10-17(16)19-11-20(25)18(23(26)27)12-24(14)19/h3-7,9-12,14H,8,13H2,1-2H3,(H,26,27). The number of hydrogen-bond acceptors (Lipinski definition) is 4. The molecule has 3 aromatic rings. The lowest BCUT2D eigenvalue weighted by molar-refractivity contribution is 0.0694. The van der Waals surface area contributed by atoms with Crippen LogP contribution in [0.25, 0.3) is 11.3 Å². The highest BCUT2D eigenvalue weighted by molar-refractivity contribution is 5.87. The topological polar surface area (TPSA) is 77.8 Å². The van der Waals surface area contributed by atoms with E-state index < -0.39 is 11.4 Å². The lowest BCUT2D eigenvalue weighted by Crippen LogP contribution is -2.24. The van der Waals surface area contributed by atoms with Crippen LogP contribution in [-0.4, -0.2) is 22.8 Å². The number of carboxylic acid groups (broad SMARTS) is 1. The van der Waals surface area contributed by atoms with Gasteiger partial charge in [0, 0.05) is 23.9 Å². The molecule has 4 rings (SSSR count). The molecule has 1 unspecified atom stereocenters. The fraction of sp³-hybridized carbons (Fsp3) is 0.217. The summed E-state index contributed by atoms with van der Waals surface area (Å²) in [6.45, 7) is 2.38. The average Bonchev–Trinajstić information content (AvgIpc) is 2.72. The molecule has 0 spiro atoms. The highest BCUT2D eigenvalue weighted by Gasteiger charge is 2.25. The van der Waals surface area contributed by atoms with Crippen molar-refractivity contribution in [3.8, 4) is 22.8 Å². The van der Waals surface area contributed by atoms with E-state index in [4.69, 9.17) is 9.47 Å². The minimum Gasteiger partial charge on any atom is -0.493 e. The molecule has 0 saturated carbocycles. The van der Waals surface area contributed by atoms with E-state index in [0.717, 1.165) is 16.7 Å². The Morgan fingerprint density at radius 2 is 1.93 bits per heavy atom. The number of rotatable bonds is 5. The number of ether oxygens (including phenoxy) is 2. The van der Waals surface area contributed by atoms with Gasteiger partial charge in [-0.15, -0.1) is 0 Å². The van der Waals surface area contributed by atoms with E-state index in [0.29, 0.717) is 30.2 Å². The van der Waals surface area contributed by atoms with E-state index in [1.54, 1.807) is 7.11 Å². The Morgan fingerprint density at radius 3 is 2.62 bits per heavy atom. The van der Waals surface area contributed by atoms with Crippen LogP contribution in [0.5, 0.6) is 11.5 Å². The number of methoxy groups -OCH3 is 1. The zero-order chi connectivity index (χ0) is 20.5. The summed E-state index contributed by atoms with van der Waals surface area (Å²) < 4.78 is 13.4. The first-order valence-corrected chi connectivity index (χ1v) is 9.35. The van der Waals surface area contributed by atoms with Crippen LogP contribution in [0.15, 0.2) is 59.5 Å². The number of pyridine rings is 1. The summed E-state index contributed by atoms with van der Waals surface area (Å²) >= 11 is 0. The third-order valence-corrected chi connectivity index (χ3v) is 5.20. The molecule has 0 radical (unpaired) electrons. The predicted octanol–water partition coefficient (Wildman–Crippen LogP) is 3.92. The molecule has 1 aliphatic rings. The van der Waals surface area contributed by atoms with Crippen molar-refractivity contribution in [1.29, 1.82) is 0 Å². The Labute approximate surface area is 168 Å². The van der Waals surface area contributed by atoms with Gasteiger partial charge in [-0.1, -0.05) is 30.3 Å². The van der Waals surface area contributed by atoms with E-state index in [1.165, 1.54) is 12.3 Å². The van der Waals surface area contributed by atoms with Gasteiger partial charge in [-0.05, 0) is 36.6 Å². The van der Waals surface area contributed by atoms with Gasteiger partial charge in [0.05, 0.1) is 12.8 Å². The molecule has 0 saturated heterocycles. The van der Waals surface area contributed by atoms with Gasteiger partial charge in [0.1, 0.15) is 12.2 Å². The molecule has 0 fully saturated rings. The van der Waals surface area contributed by atoms with Gasteiger partial charge in [0.15, 0.2) is 16.9 Å². The fourth-order valence-corrected chi connectivity index (χ4v) is 3.72. The summed E-state index contributed by atoms with van der Waals surface area (Å²) in [4.78, 5) is 23.7. The number of aromatic nitrogens is 1. The monoisotopic (exact) mass is 391 g/mol. The summed E-state index contributed by atoms with van der Waals surface area (Å²) in [6.07, 6.45) is 2.13. The van der Waals surface area contributed by atoms with Gasteiger partial charge in [-0.25, -0.2) is 4.79 Å². The molecule has 0 aliphatic carbocycles. The molecule has 29 heavy (non-hydrogen) atoms. The van der Waals surface area contributed by atoms with Crippen molar-refractivity contribution in [2.24, 2.45) is 0 Å². The zero-order valence-electron chi connectivity index (χ0n) is 16.2. The van der Waals surface area contributed by atoms with Gasteiger partial charge in [0.2, 0.25) is 0 Å². The number of aromatic carboxylic acids is 1. The summed E-state index contributed by atoms with van der Waals surface area (Å²) in [5, 5.41) is 9.29. The third-order valence-electron chi connectivity index (χ3n) is 5.20. The second-order valence-corrected chi connectivity index (χ2v) is 7.14. The zero-order valence-corrected chi connectivity index (χ0v) is 16.2. The fourth-order valence-electron chi connectivity index (χ4n) is 3.72. The van der Waals surface area contributed by atoms with Crippen molar-refractivity contribution < 1.29 is 19.4 Å². The molecule has 0 amide bonds. The Kier molecular flexibility index (Phi) is 4.84. The van der Waals surface area contributed by atoms with Crippen molar-refractivity contribution in [2.75, 3.05) is 7.11 Å². The quantitative estimate of drug-likeness (QED) is 0.713. The van der Waals surface area contributed by atoms with Gasteiger partial charge in [-0.3, -0.25) is 4.79 Å². The third kappa shape index (κ3) is 3.49. The van der Waals surface area contributed by atoms with Crippen molar-refractivity contribution in [3.05, 3.63) is 81.6 Å². The summed E-state index contributed by atoms with van der Waals surface area (Å²) in [5.74, 6) is -0.0132. The smallest absolute Gasteiger partial charge is 0.341 e. The molecule has 0 bridgehead atoms. The largest absolute Gasteiger partial charge is 0.493 e. The second kappa shape index (κ2) is 7.47. The number of fused-ring (bicyclic) bond motifs is 3. The number of nitrogens with zero attached hydrogens (tertiary/aromatic N) is 1. The summed E-state index contributed by atoms with van der Waals surface area (Å²) in [6, 6.07) is 15.0. The number of benzene rings is 2. The van der Waals surface area contributed by atoms with E-state index in [-0.39, 0.29) is 11.6 Å². The minimum absolute atomic E-state index is 0.0111. The van der Waals surface area contributed by atoms with Crippen LogP contribution < -0.4 is 14.9 Å². The predicted molar refractivity (Wildman–Crippen MR) is 109 cm³/mol.